The molecule has 0 saturated carbocycles. The number of amides is 2. The van der Waals surface area contributed by atoms with Gasteiger partial charge in [0.2, 0.25) is 0 Å². The van der Waals surface area contributed by atoms with Crippen molar-refractivity contribution in [1.82, 2.24) is 5.32 Å². The minimum absolute atomic E-state index is 0.171. The maximum absolute atomic E-state index is 11.6. The number of urea groups is 1. The lowest BCUT2D eigenvalue weighted by Gasteiger charge is -2.04. The van der Waals surface area contributed by atoms with Gasteiger partial charge in [0.1, 0.15) is 0 Å². The van der Waals surface area contributed by atoms with E-state index in [1.165, 1.54) is 30.5 Å². The molecule has 0 radical (unpaired) electrons. The first kappa shape index (κ1) is 14.3. The fraction of sp³-hybridized carbons (Fsp3) is 0. The third kappa shape index (κ3) is 4.50. The second-order valence-corrected chi connectivity index (χ2v) is 4.22. The number of rotatable bonds is 4. The van der Waals surface area contributed by atoms with Crippen LogP contribution in [0.3, 0.4) is 0 Å². The molecule has 2 aromatic carbocycles. The van der Waals surface area contributed by atoms with Crippen LogP contribution in [0.4, 0.5) is 10.5 Å². The highest BCUT2D eigenvalue weighted by Crippen LogP contribution is 2.09. The zero-order valence-electron chi connectivity index (χ0n) is 11.1. The summed E-state index contributed by atoms with van der Waals surface area (Å²) in [6, 6.07) is 15.1. The van der Waals surface area contributed by atoms with Crippen LogP contribution in [0.1, 0.15) is 15.9 Å². The lowest BCUT2D eigenvalue weighted by atomic mass is 10.2. The highest BCUT2D eigenvalue weighted by Gasteiger charge is 2.03. The van der Waals surface area contributed by atoms with E-state index in [1.54, 1.807) is 6.08 Å². The van der Waals surface area contributed by atoms with Crippen molar-refractivity contribution in [3.05, 3.63) is 71.9 Å². The summed E-state index contributed by atoms with van der Waals surface area (Å²) in [5.41, 5.74) is 1.67. The molecule has 0 spiro atoms. The first-order valence-electron chi connectivity index (χ1n) is 6.27. The standard InChI is InChI=1S/C16H14N2O3/c19-15(20)13-6-8-14(9-7-13)18-16(21)17-11-10-12-4-2-1-3-5-12/h1-11H,(H,19,20)(H2,17,18,21)/b11-10+. The summed E-state index contributed by atoms with van der Waals surface area (Å²) in [6.07, 6.45) is 3.31. The second kappa shape index (κ2) is 6.91. The fourth-order valence-electron chi connectivity index (χ4n) is 1.64. The molecule has 3 N–H and O–H groups in total. The van der Waals surface area contributed by atoms with Gasteiger partial charge in [-0.2, -0.15) is 0 Å². The summed E-state index contributed by atoms with van der Waals surface area (Å²) in [5, 5.41) is 13.9. The molecule has 0 aliphatic heterocycles. The molecular weight excluding hydrogens is 268 g/mol. The van der Waals surface area contributed by atoms with Crippen LogP contribution in [0.2, 0.25) is 0 Å². The van der Waals surface area contributed by atoms with Crippen LogP contribution >= 0.6 is 0 Å². The Balaban J connectivity index is 1.87. The number of carbonyl (C=O) groups is 2. The highest BCUT2D eigenvalue weighted by atomic mass is 16.4. The molecule has 0 bridgehead atoms. The van der Waals surface area contributed by atoms with Crippen molar-refractivity contribution in [1.29, 1.82) is 0 Å². The van der Waals surface area contributed by atoms with Crippen molar-refractivity contribution >= 4 is 23.8 Å². The monoisotopic (exact) mass is 282 g/mol. The van der Waals surface area contributed by atoms with Crippen molar-refractivity contribution in [2.45, 2.75) is 0 Å². The van der Waals surface area contributed by atoms with E-state index in [1.807, 2.05) is 30.3 Å². The van der Waals surface area contributed by atoms with Gasteiger partial charge in [0.05, 0.1) is 5.56 Å². The maximum atomic E-state index is 11.6. The van der Waals surface area contributed by atoms with Crippen LogP contribution in [0.5, 0.6) is 0 Å². The fourth-order valence-corrected chi connectivity index (χ4v) is 1.64. The number of benzene rings is 2. The van der Waals surface area contributed by atoms with Crippen molar-refractivity contribution in [2.24, 2.45) is 0 Å². The van der Waals surface area contributed by atoms with Crippen molar-refractivity contribution in [3.63, 3.8) is 0 Å². The topological polar surface area (TPSA) is 78.4 Å². The van der Waals surface area contributed by atoms with Gasteiger partial charge < -0.3 is 15.7 Å². The van der Waals surface area contributed by atoms with Gasteiger partial charge in [-0.05, 0) is 35.9 Å². The van der Waals surface area contributed by atoms with E-state index >= 15 is 0 Å². The summed E-state index contributed by atoms with van der Waals surface area (Å²) in [4.78, 5) is 22.3. The molecule has 0 unspecified atom stereocenters. The molecule has 2 amide bonds. The van der Waals surface area contributed by atoms with Gasteiger partial charge in [0.15, 0.2) is 0 Å². The summed E-state index contributed by atoms with van der Waals surface area (Å²) in [7, 11) is 0. The quantitative estimate of drug-likeness (QED) is 0.806. The van der Waals surface area contributed by atoms with E-state index in [0.29, 0.717) is 5.69 Å². The molecule has 106 valence electrons. The van der Waals surface area contributed by atoms with Crippen LogP contribution < -0.4 is 10.6 Å². The van der Waals surface area contributed by atoms with Gasteiger partial charge in [-0.25, -0.2) is 9.59 Å². The molecule has 0 fully saturated rings. The molecule has 5 heteroatoms. The number of carboxylic acid groups (broad SMARTS) is 1. The van der Waals surface area contributed by atoms with Crippen molar-refractivity contribution in [2.75, 3.05) is 5.32 Å². The molecule has 21 heavy (non-hydrogen) atoms. The largest absolute Gasteiger partial charge is 0.478 e. The van der Waals surface area contributed by atoms with Crippen LogP contribution in [-0.4, -0.2) is 17.1 Å². The molecule has 0 aliphatic carbocycles. The van der Waals surface area contributed by atoms with Crippen molar-refractivity contribution in [3.8, 4) is 0 Å². The molecule has 0 aromatic heterocycles. The number of aromatic carboxylic acids is 1. The lowest BCUT2D eigenvalue weighted by molar-refractivity contribution is 0.0697. The van der Waals surface area contributed by atoms with E-state index in [9.17, 15) is 9.59 Å². The second-order valence-electron chi connectivity index (χ2n) is 4.22. The number of carbonyl (C=O) groups excluding carboxylic acids is 1. The smallest absolute Gasteiger partial charge is 0.335 e. The number of carboxylic acids is 1. The Morgan fingerprint density at radius 1 is 0.952 bits per heavy atom. The van der Waals surface area contributed by atoms with E-state index < -0.39 is 12.0 Å². The minimum Gasteiger partial charge on any atom is -0.478 e. The van der Waals surface area contributed by atoms with E-state index in [-0.39, 0.29) is 5.56 Å². The van der Waals surface area contributed by atoms with Crippen LogP contribution in [0.25, 0.3) is 6.08 Å². The lowest BCUT2D eigenvalue weighted by Crippen LogP contribution is -2.23. The number of hydrogen-bond acceptors (Lipinski definition) is 2. The Morgan fingerprint density at radius 3 is 2.24 bits per heavy atom. The first-order valence-corrected chi connectivity index (χ1v) is 6.27. The summed E-state index contributed by atoms with van der Waals surface area (Å²) >= 11 is 0. The van der Waals surface area contributed by atoms with Gasteiger partial charge in [-0.1, -0.05) is 30.3 Å². The van der Waals surface area contributed by atoms with Gasteiger partial charge in [0, 0.05) is 11.9 Å². The van der Waals surface area contributed by atoms with Crippen LogP contribution in [0.15, 0.2) is 60.8 Å². The molecule has 0 heterocycles. The third-order valence-corrected chi connectivity index (χ3v) is 2.68. The normalized spacial score (nSPS) is 10.3. The first-order chi connectivity index (χ1) is 10.1. The Kier molecular flexibility index (Phi) is 4.71. The molecule has 0 saturated heterocycles. The van der Waals surface area contributed by atoms with E-state index in [2.05, 4.69) is 10.6 Å². The molecule has 0 aliphatic rings. The molecule has 5 nitrogen and oxygen atoms in total. The number of hydrogen-bond donors (Lipinski definition) is 3. The average molecular weight is 282 g/mol. The minimum atomic E-state index is -1.00. The SMILES string of the molecule is O=C(N/C=C/c1ccccc1)Nc1ccc(C(=O)O)cc1. The molecular formula is C16H14N2O3. The van der Waals surface area contributed by atoms with Gasteiger partial charge >= 0.3 is 12.0 Å². The Labute approximate surface area is 121 Å². The van der Waals surface area contributed by atoms with Crippen LogP contribution in [0, 0.1) is 0 Å². The van der Waals surface area contributed by atoms with Crippen molar-refractivity contribution < 1.29 is 14.7 Å². The number of nitrogens with one attached hydrogen (secondary N) is 2. The zero-order valence-corrected chi connectivity index (χ0v) is 11.1. The maximum Gasteiger partial charge on any atom is 0.335 e. The zero-order chi connectivity index (χ0) is 15.1. The predicted molar refractivity (Wildman–Crippen MR) is 81.0 cm³/mol. The summed E-state index contributed by atoms with van der Waals surface area (Å²) in [5.74, 6) is -1.00. The Hall–Kier alpha value is -3.08. The van der Waals surface area contributed by atoms with E-state index in [0.717, 1.165) is 5.56 Å². The predicted octanol–water partition coefficient (Wildman–Crippen LogP) is 3.18. The van der Waals surface area contributed by atoms with Gasteiger partial charge in [0.25, 0.3) is 0 Å². The third-order valence-electron chi connectivity index (χ3n) is 2.68. The van der Waals surface area contributed by atoms with Crippen LogP contribution in [-0.2, 0) is 0 Å². The van der Waals surface area contributed by atoms with E-state index in [4.69, 9.17) is 5.11 Å². The average Bonchev–Trinajstić information content (AvgIpc) is 2.49. The molecule has 2 aromatic rings. The summed E-state index contributed by atoms with van der Waals surface area (Å²) < 4.78 is 0. The van der Waals surface area contributed by atoms with Gasteiger partial charge in [-0.3, -0.25) is 0 Å². The molecule has 2 rings (SSSR count). The Morgan fingerprint density at radius 2 is 1.62 bits per heavy atom. The van der Waals surface area contributed by atoms with Gasteiger partial charge in [-0.15, -0.1) is 0 Å². The Bertz CT molecular complexity index is 649. The highest BCUT2D eigenvalue weighted by molar-refractivity contribution is 5.92. The molecule has 0 atom stereocenters. The number of anilines is 1. The summed E-state index contributed by atoms with van der Waals surface area (Å²) in [6.45, 7) is 0.